The van der Waals surface area contributed by atoms with Gasteiger partial charge in [0, 0.05) is 43.1 Å². The number of phosphoric ester groups is 5. The van der Waals surface area contributed by atoms with Gasteiger partial charge in [-0.1, -0.05) is 0 Å². The van der Waals surface area contributed by atoms with E-state index < -0.39 is 317 Å². The quantitative estimate of drug-likeness (QED) is 0.0164. The molecule has 0 bridgehead atoms. The lowest BCUT2D eigenvalue weighted by Gasteiger charge is -2.27. The molecule has 0 radical (unpaired) electrons. The van der Waals surface area contributed by atoms with Crippen LogP contribution in [0.5, 0.6) is 0 Å². The summed E-state index contributed by atoms with van der Waals surface area (Å²) in [6, 6.07) is 4.06. The van der Waals surface area contributed by atoms with E-state index in [1.807, 2.05) is 4.98 Å². The normalized spacial score (nSPS) is 30.2. The van der Waals surface area contributed by atoms with Crippen LogP contribution in [-0.2, 0) is 103 Å². The summed E-state index contributed by atoms with van der Waals surface area (Å²) in [6.45, 7) is -4.45. The Morgan fingerprint density at radius 2 is 0.823 bits per heavy atom. The number of nitrogen functional groups attached to an aromatic ring is 5. The lowest BCUT2D eigenvalue weighted by atomic mass is 10.1. The topological polar surface area (TPSA) is 965 Å². The summed E-state index contributed by atoms with van der Waals surface area (Å²) in [5.41, 5.74) is 20.2. The number of pyridine rings is 2. The van der Waals surface area contributed by atoms with Crippen molar-refractivity contribution in [1.29, 1.82) is 0 Å². The van der Waals surface area contributed by atoms with Crippen LogP contribution in [0.3, 0.4) is 0 Å². The van der Waals surface area contributed by atoms with Gasteiger partial charge in [0.2, 0.25) is 17.3 Å². The largest absolute Gasteiger partial charge is 0.472 e. The molecule has 760 valence electrons. The van der Waals surface area contributed by atoms with E-state index in [0.29, 0.717) is 19.4 Å². The summed E-state index contributed by atoms with van der Waals surface area (Å²) >= 11 is 0. The van der Waals surface area contributed by atoms with Crippen molar-refractivity contribution in [1.82, 2.24) is 102 Å². The highest BCUT2D eigenvalue weighted by Gasteiger charge is 2.58. The lowest BCUT2D eigenvalue weighted by Crippen LogP contribution is -2.49. The highest BCUT2D eigenvalue weighted by molar-refractivity contribution is 7.48. The van der Waals surface area contributed by atoms with Gasteiger partial charge in [0.05, 0.1) is 64.0 Å². The molecule has 29 atom stereocenters. The Kier molecular flexibility index (Phi) is 28.2. The van der Waals surface area contributed by atoms with E-state index in [0.717, 1.165) is 75.8 Å². The number of aliphatic hydroxyl groups excluding tert-OH is 7. The highest BCUT2D eigenvalue weighted by Crippen LogP contribution is 2.57. The minimum absolute atomic E-state index is 0.00455. The number of nitrogens with zero attached hydrogens (tertiary/aromatic N) is 17. The Labute approximate surface area is 779 Å². The molecule has 0 saturated carbocycles. The average Bonchev–Trinajstić information content (AvgIpc) is 1.63. The molecular formula is C69H83N26O41P5. The van der Waals surface area contributed by atoms with Crippen LogP contribution in [0.15, 0.2) is 114 Å². The first-order valence-corrected chi connectivity index (χ1v) is 48.8. The fourth-order valence-electron chi connectivity index (χ4n) is 16.3. The third-order valence-electron chi connectivity index (χ3n) is 22.8. The standard InChI is InChI=1S/C69H83N26O41P5/c1-3-89-12-25(39(98)24-5-4-23(2)80-52(24)89)56(105)84-35-40(99)27(127-59(35)90-11-8-34(97)83-69(90)110)14-121-137(111,112)135-49-30(130-63(44(49)103)94-21-78-37-54(94)85-65(73)87-57(37)106)17-124-139(115,116)134-48-29(129-61(43(48)102)92-10-7-33(71)82-68(92)109)16-123-141(119,120)136-50-31(131-64(45(50)104)95-22-79-38-55(95)86-66(74)88-58(38)107)18-125-140(117,118)133-47-28(128-60(42(47)101)91-9-6-32(70)81-67(91)108)15-122-138(113,114)132-46-26(13-96)126-62(41(46)100)93-20-77-36-51(72)75-19-76-53(36)93/h4-12,19-22,26-31,35,40-50,59-64,96,99-104H,3,13-18H2,1-2H3,(H,84,105)(H,111,112)(H,113,114)(H,115,116)(H,117,118)(H,119,120)(H2,70,81,108)(H2,71,82,109)(H2,72,75,76)(H,83,97,110)(H3,73,85,87,106)(H3,74,86,88,107)/t26-,27-,28-,29-,30-,31-,35-,40-,41-,42-,43-,44-,45-,46-,47-,48-,49-,50-,59-,60-,61-,62-,63-,64-/m1/s1. The van der Waals surface area contributed by atoms with Crippen molar-refractivity contribution in [3.05, 3.63) is 164 Å². The number of hydrogen-bond acceptors (Lipinski definition) is 51. The second-order valence-electron chi connectivity index (χ2n) is 31.9. The molecule has 141 heavy (non-hydrogen) atoms. The number of carbonyl (C=O) groups is 1. The zero-order valence-electron chi connectivity index (χ0n) is 71.7. The summed E-state index contributed by atoms with van der Waals surface area (Å²) < 4.78 is 167. The SMILES string of the molecule is CCn1cc(C(=O)N[C@@H]2[C@H](O)[C@@H](COP(=O)(O)O[C@H]3[C@@H](O)[C@H](n4cnc5c(=O)[nH]c(N)nc54)O[C@@H]3COP(=O)(O)O[C@H]3[C@@H](O)[C@H](n4ccc(N)nc4=O)O[C@@H]3COP(=O)(O)O[C@H]3[C@@H](O)[C@H](n4cnc5c(=O)[nH]c(N)nc54)O[C@@H]3COP(=O)(O)O[C@H]3[C@@H](O)[C@H](n4ccc(N)nc4=O)O[C@@H]3COP(=O)(O)O[C@H]3[C@@H](O)[C@H](n4cnc5c(N)ncnc54)O[C@@H]3CO)O[C@H]2n2ccc(=O)[nH]c2=O)c(=O)c2ccc(C)nc21. The average molecular weight is 2090 g/mol. The van der Waals surface area contributed by atoms with Gasteiger partial charge in [-0.05, 0) is 38.1 Å². The van der Waals surface area contributed by atoms with Crippen LogP contribution >= 0.6 is 39.1 Å². The van der Waals surface area contributed by atoms with Crippen LogP contribution in [0.2, 0.25) is 0 Å². The number of nitrogens with two attached hydrogens (primary N) is 5. The van der Waals surface area contributed by atoms with E-state index in [9.17, 15) is 121 Å². The maximum Gasteiger partial charge on any atom is 0.472 e. The molecule has 6 aliphatic heterocycles. The van der Waals surface area contributed by atoms with Crippen molar-refractivity contribution in [2.45, 2.75) is 168 Å². The number of imidazole rings is 3. The molecule has 0 aromatic carbocycles. The number of aromatic nitrogens is 20. The molecule has 6 fully saturated rings. The predicted molar refractivity (Wildman–Crippen MR) is 460 cm³/mol. The number of aryl methyl sites for hydroxylation is 2. The number of H-pyrrole nitrogens is 3. The smallest absolute Gasteiger partial charge is 0.394 e. The first kappa shape index (κ1) is 101. The fourth-order valence-corrected chi connectivity index (χ4v) is 21.1. The van der Waals surface area contributed by atoms with Crippen molar-refractivity contribution in [2.75, 3.05) is 68.3 Å². The van der Waals surface area contributed by atoms with Crippen molar-refractivity contribution in [2.24, 2.45) is 0 Å². The highest BCUT2D eigenvalue weighted by atomic mass is 31.2. The Balaban J connectivity index is 0.604. The van der Waals surface area contributed by atoms with Crippen molar-refractivity contribution in [3.8, 4) is 0 Å². The number of ether oxygens (including phenoxy) is 6. The lowest BCUT2D eigenvalue weighted by molar-refractivity contribution is -0.0657. The molecule has 26 N–H and O–H groups in total. The van der Waals surface area contributed by atoms with E-state index in [1.54, 1.807) is 13.8 Å². The van der Waals surface area contributed by atoms with Crippen molar-refractivity contribution < 1.29 is 161 Å². The first-order chi connectivity index (χ1) is 66.7. The van der Waals surface area contributed by atoms with E-state index >= 15 is 0 Å². The van der Waals surface area contributed by atoms with Crippen LogP contribution in [0.25, 0.3) is 44.5 Å². The minimum atomic E-state index is -6.09. The Morgan fingerprint density at radius 1 is 0.440 bits per heavy atom. The van der Waals surface area contributed by atoms with E-state index in [1.165, 1.54) is 22.9 Å². The number of anilines is 5. The van der Waals surface area contributed by atoms with Gasteiger partial charge in [-0.3, -0.25) is 112 Å². The molecular weight excluding hydrogens is 2000 g/mol. The van der Waals surface area contributed by atoms with Crippen LogP contribution in [-0.4, -0.2) is 312 Å². The van der Waals surface area contributed by atoms with Crippen LogP contribution < -0.4 is 73.2 Å². The number of hydrogen-bond donors (Lipinski definition) is 21. The first-order valence-electron chi connectivity index (χ1n) is 41.3. The summed E-state index contributed by atoms with van der Waals surface area (Å²) in [5, 5.41) is 84.4. The van der Waals surface area contributed by atoms with E-state index in [4.69, 9.17) is 102 Å². The van der Waals surface area contributed by atoms with Gasteiger partial charge in [0.25, 0.3) is 22.6 Å². The number of aliphatic hydroxyl groups is 7. The third kappa shape index (κ3) is 20.5. The zero-order chi connectivity index (χ0) is 101. The van der Waals surface area contributed by atoms with Crippen molar-refractivity contribution in [3.63, 3.8) is 0 Å². The maximum atomic E-state index is 14.7. The number of fused-ring (bicyclic) bond motifs is 4. The second-order valence-corrected chi connectivity index (χ2v) is 38.9. The molecule has 67 nitrogen and oxygen atoms in total. The molecule has 72 heteroatoms. The molecule has 0 aliphatic carbocycles. The van der Waals surface area contributed by atoms with E-state index in [-0.39, 0.29) is 40.4 Å². The van der Waals surface area contributed by atoms with Gasteiger partial charge in [-0.2, -0.15) is 19.9 Å². The number of nitrogens with one attached hydrogen (secondary N) is 4. The molecule has 17 rings (SSSR count). The zero-order valence-corrected chi connectivity index (χ0v) is 76.2. The van der Waals surface area contributed by atoms with Crippen molar-refractivity contribution >= 4 is 119 Å². The van der Waals surface area contributed by atoms with Gasteiger partial charge in [-0.25, -0.2) is 67.1 Å². The fraction of sp³-hybridized carbons (Fsp3) is 0.478. The molecule has 1 amide bonds. The van der Waals surface area contributed by atoms with Crippen LogP contribution in [0.1, 0.15) is 60.3 Å². The van der Waals surface area contributed by atoms with Gasteiger partial charge < -0.3 is 127 Å². The predicted octanol–water partition coefficient (Wildman–Crippen LogP) is -8.04. The monoisotopic (exact) mass is 2090 g/mol. The Bertz CT molecular complexity index is 7370. The number of aromatic amines is 3. The number of carbonyl (C=O) groups excluding carboxylic acids is 1. The minimum Gasteiger partial charge on any atom is -0.394 e. The molecule has 11 aromatic heterocycles. The van der Waals surface area contributed by atoms with Gasteiger partial charge in [-0.15, -0.1) is 0 Å². The van der Waals surface area contributed by atoms with Gasteiger partial charge in [0.1, 0.15) is 144 Å². The number of amides is 1. The molecule has 17 heterocycles. The number of rotatable bonds is 35. The van der Waals surface area contributed by atoms with Crippen LogP contribution in [0.4, 0.5) is 29.4 Å². The maximum absolute atomic E-state index is 14.7. The summed E-state index contributed by atoms with van der Waals surface area (Å²) in [5.74, 6) is -3.09. The molecule has 6 saturated heterocycles. The third-order valence-corrected chi connectivity index (χ3v) is 27.7. The molecule has 5 unspecified atom stereocenters. The van der Waals surface area contributed by atoms with Gasteiger partial charge >= 0.3 is 56.2 Å². The molecule has 11 aromatic rings. The summed E-state index contributed by atoms with van der Waals surface area (Å²) in [7, 11) is -29.7. The number of phosphoric acid groups is 5. The Hall–Kier alpha value is -11.5. The van der Waals surface area contributed by atoms with E-state index in [2.05, 4.69) is 65.1 Å². The summed E-state index contributed by atoms with van der Waals surface area (Å²) in [4.78, 5) is 210. The van der Waals surface area contributed by atoms with Gasteiger partial charge in [0.15, 0.2) is 71.2 Å². The second kappa shape index (κ2) is 39.3. The Morgan fingerprint density at radius 3 is 1.23 bits per heavy atom. The summed E-state index contributed by atoms with van der Waals surface area (Å²) in [6.07, 6.45) is -41.2. The van der Waals surface area contributed by atoms with Crippen LogP contribution in [0, 0.1) is 6.92 Å². The molecule has 0 spiro atoms. The molecule has 6 aliphatic rings.